The Morgan fingerprint density at radius 1 is 1.36 bits per heavy atom. The van der Waals surface area contributed by atoms with Crippen LogP contribution in [-0.2, 0) is 27.8 Å². The molecule has 28 heavy (non-hydrogen) atoms. The van der Waals surface area contributed by atoms with Crippen molar-refractivity contribution in [2.24, 2.45) is 5.73 Å². The zero-order chi connectivity index (χ0) is 20.2. The van der Waals surface area contributed by atoms with Gasteiger partial charge in [-0.2, -0.15) is 0 Å². The largest absolute Gasteiger partial charge is 0.356 e. The van der Waals surface area contributed by atoms with Gasteiger partial charge in [0, 0.05) is 46.1 Å². The van der Waals surface area contributed by atoms with Gasteiger partial charge in [-0.15, -0.1) is 12.4 Å². The highest BCUT2D eigenvalue weighted by Crippen LogP contribution is 2.22. The number of nitrogens with one attached hydrogen (secondary N) is 1. The number of rotatable bonds is 9. The number of carbonyl (C=O) groups is 1. The highest BCUT2D eigenvalue weighted by atomic mass is 35.5. The van der Waals surface area contributed by atoms with Crippen LogP contribution < -0.4 is 11.1 Å². The zero-order valence-electron chi connectivity index (χ0n) is 16.8. The third-order valence-corrected chi connectivity index (χ3v) is 6.20. The first-order valence-electron chi connectivity index (χ1n) is 9.10. The van der Waals surface area contributed by atoms with Crippen LogP contribution in [0.4, 0.5) is 0 Å². The van der Waals surface area contributed by atoms with E-state index in [9.17, 15) is 13.2 Å². The fourth-order valence-corrected chi connectivity index (χ4v) is 3.75. The van der Waals surface area contributed by atoms with Gasteiger partial charge < -0.3 is 15.6 Å². The molecule has 3 N–H and O–H groups in total. The van der Waals surface area contributed by atoms with Crippen molar-refractivity contribution in [3.8, 4) is 0 Å². The number of sulfonamides is 1. The number of nitrogens with zero attached hydrogens (tertiary/aromatic N) is 3. The SMILES string of the molecule is CCn1c(CCC(=O)NCCC(C)N)nc2cc(S(=O)(=O)N(C)C)ccc21.Cl. The van der Waals surface area contributed by atoms with Gasteiger partial charge >= 0.3 is 0 Å². The molecule has 0 aliphatic carbocycles. The van der Waals surface area contributed by atoms with E-state index in [4.69, 9.17) is 5.73 Å². The Morgan fingerprint density at radius 3 is 2.61 bits per heavy atom. The summed E-state index contributed by atoms with van der Waals surface area (Å²) in [6.07, 6.45) is 1.55. The quantitative estimate of drug-likeness (QED) is 0.625. The smallest absolute Gasteiger partial charge is 0.242 e. The molecule has 10 heteroatoms. The second kappa shape index (κ2) is 10.2. The number of aromatic nitrogens is 2. The average Bonchev–Trinajstić information content (AvgIpc) is 2.96. The van der Waals surface area contributed by atoms with Crippen molar-refractivity contribution in [3.63, 3.8) is 0 Å². The summed E-state index contributed by atoms with van der Waals surface area (Å²) in [6, 6.07) is 5.01. The van der Waals surface area contributed by atoms with E-state index in [0.717, 1.165) is 17.8 Å². The lowest BCUT2D eigenvalue weighted by molar-refractivity contribution is -0.121. The number of hydrogen-bond acceptors (Lipinski definition) is 5. The Bertz CT molecular complexity index is 909. The maximum absolute atomic E-state index is 12.3. The van der Waals surface area contributed by atoms with Crippen LogP contribution in [-0.4, -0.2) is 54.9 Å². The Kier molecular flexibility index (Phi) is 8.87. The Balaban J connectivity index is 0.00000392. The lowest BCUT2D eigenvalue weighted by Gasteiger charge is -2.11. The summed E-state index contributed by atoms with van der Waals surface area (Å²) in [5, 5.41) is 2.86. The molecule has 1 amide bonds. The van der Waals surface area contributed by atoms with E-state index < -0.39 is 10.0 Å². The van der Waals surface area contributed by atoms with Crippen LogP contribution in [0.2, 0.25) is 0 Å². The standard InChI is InChI=1S/C18H29N5O3S.ClH/c1-5-23-16-7-6-14(27(25,26)22(3)4)12-15(16)21-17(23)8-9-18(24)20-11-10-13(2)19;/h6-7,12-13H,5,8-11,19H2,1-4H3,(H,20,24);1H. The van der Waals surface area contributed by atoms with E-state index in [1.54, 1.807) is 18.2 Å². The predicted octanol–water partition coefficient (Wildman–Crippen LogP) is 1.51. The average molecular weight is 432 g/mol. The van der Waals surface area contributed by atoms with Crippen LogP contribution in [0, 0.1) is 0 Å². The minimum absolute atomic E-state index is 0. The highest BCUT2D eigenvalue weighted by Gasteiger charge is 2.19. The number of halogens is 1. The van der Waals surface area contributed by atoms with Gasteiger partial charge in [0.05, 0.1) is 15.9 Å². The summed E-state index contributed by atoms with van der Waals surface area (Å²) in [6.45, 7) is 5.16. The van der Waals surface area contributed by atoms with E-state index in [0.29, 0.717) is 31.4 Å². The first-order valence-corrected chi connectivity index (χ1v) is 10.5. The molecule has 1 atom stereocenters. The molecule has 0 saturated heterocycles. The van der Waals surface area contributed by atoms with Crippen molar-refractivity contribution < 1.29 is 13.2 Å². The molecule has 0 saturated carbocycles. The predicted molar refractivity (Wildman–Crippen MR) is 113 cm³/mol. The maximum atomic E-state index is 12.3. The molecule has 0 spiro atoms. The van der Waals surface area contributed by atoms with Gasteiger partial charge in [0.2, 0.25) is 15.9 Å². The lowest BCUT2D eigenvalue weighted by atomic mass is 10.2. The minimum atomic E-state index is -3.51. The maximum Gasteiger partial charge on any atom is 0.242 e. The minimum Gasteiger partial charge on any atom is -0.356 e. The number of imidazole rings is 1. The normalized spacial score (nSPS) is 12.8. The van der Waals surface area contributed by atoms with Gasteiger partial charge in [0.15, 0.2) is 0 Å². The van der Waals surface area contributed by atoms with Crippen molar-refractivity contribution >= 4 is 39.4 Å². The van der Waals surface area contributed by atoms with Crippen LogP contribution >= 0.6 is 12.4 Å². The second-order valence-corrected chi connectivity index (χ2v) is 8.98. The number of carbonyl (C=O) groups excluding carboxylic acids is 1. The summed E-state index contributed by atoms with van der Waals surface area (Å²) >= 11 is 0. The molecule has 1 aromatic heterocycles. The van der Waals surface area contributed by atoms with Crippen LogP contribution in [0.25, 0.3) is 11.0 Å². The summed E-state index contributed by atoms with van der Waals surface area (Å²) in [5.74, 6) is 0.732. The van der Waals surface area contributed by atoms with Gasteiger partial charge in [0.1, 0.15) is 5.82 Å². The molecule has 1 aromatic carbocycles. The van der Waals surface area contributed by atoms with Crippen LogP contribution in [0.5, 0.6) is 0 Å². The van der Waals surface area contributed by atoms with Crippen molar-refractivity contribution in [2.45, 2.75) is 50.6 Å². The molecule has 158 valence electrons. The molecular formula is C18H30ClN5O3S. The fourth-order valence-electron chi connectivity index (χ4n) is 2.83. The fraction of sp³-hybridized carbons (Fsp3) is 0.556. The molecule has 2 rings (SSSR count). The van der Waals surface area contributed by atoms with E-state index in [2.05, 4.69) is 10.3 Å². The number of amides is 1. The van der Waals surface area contributed by atoms with Crippen LogP contribution in [0.15, 0.2) is 23.1 Å². The molecule has 1 heterocycles. The Labute approximate surface area is 172 Å². The zero-order valence-corrected chi connectivity index (χ0v) is 18.4. The molecule has 0 aliphatic heterocycles. The van der Waals surface area contributed by atoms with Crippen LogP contribution in [0.3, 0.4) is 0 Å². The monoisotopic (exact) mass is 431 g/mol. The molecule has 2 aromatic rings. The van der Waals surface area contributed by atoms with Gasteiger partial charge in [-0.1, -0.05) is 0 Å². The molecule has 1 unspecified atom stereocenters. The summed E-state index contributed by atoms with van der Waals surface area (Å²) in [4.78, 5) is 16.8. The van der Waals surface area contributed by atoms with Gasteiger partial charge in [-0.25, -0.2) is 17.7 Å². The van der Waals surface area contributed by atoms with Crippen molar-refractivity contribution in [1.29, 1.82) is 0 Å². The number of benzene rings is 1. The molecule has 0 bridgehead atoms. The molecule has 8 nitrogen and oxygen atoms in total. The lowest BCUT2D eigenvalue weighted by Crippen LogP contribution is -2.29. The third kappa shape index (κ3) is 5.66. The Hall–Kier alpha value is -1.68. The van der Waals surface area contributed by atoms with E-state index >= 15 is 0 Å². The van der Waals surface area contributed by atoms with Gasteiger partial charge in [-0.05, 0) is 38.5 Å². The highest BCUT2D eigenvalue weighted by molar-refractivity contribution is 7.89. The third-order valence-electron chi connectivity index (χ3n) is 4.39. The number of aryl methyl sites for hydroxylation is 2. The number of hydrogen-bond donors (Lipinski definition) is 2. The van der Waals surface area contributed by atoms with E-state index in [1.807, 2.05) is 18.4 Å². The molecule has 0 aliphatic rings. The topological polar surface area (TPSA) is 110 Å². The van der Waals surface area contributed by atoms with Gasteiger partial charge in [-0.3, -0.25) is 4.79 Å². The molecule has 0 radical (unpaired) electrons. The van der Waals surface area contributed by atoms with E-state index in [1.165, 1.54) is 18.4 Å². The van der Waals surface area contributed by atoms with Crippen LogP contribution in [0.1, 0.15) is 32.5 Å². The van der Waals surface area contributed by atoms with Crippen molar-refractivity contribution in [1.82, 2.24) is 19.2 Å². The summed E-state index contributed by atoms with van der Waals surface area (Å²) in [5.41, 5.74) is 7.16. The van der Waals surface area contributed by atoms with E-state index in [-0.39, 0.29) is 29.3 Å². The first kappa shape index (κ1) is 24.4. The molecular weight excluding hydrogens is 402 g/mol. The Morgan fingerprint density at radius 2 is 2.04 bits per heavy atom. The first-order chi connectivity index (χ1) is 12.7. The summed E-state index contributed by atoms with van der Waals surface area (Å²) in [7, 11) is -0.513. The van der Waals surface area contributed by atoms with Crippen molar-refractivity contribution in [2.75, 3.05) is 20.6 Å². The van der Waals surface area contributed by atoms with Gasteiger partial charge in [0.25, 0.3) is 0 Å². The summed E-state index contributed by atoms with van der Waals surface area (Å²) < 4.78 is 27.8. The molecule has 0 fully saturated rings. The number of nitrogens with two attached hydrogens (primary N) is 1. The van der Waals surface area contributed by atoms with Crippen molar-refractivity contribution in [3.05, 3.63) is 24.0 Å². The number of fused-ring (bicyclic) bond motifs is 1. The second-order valence-electron chi connectivity index (χ2n) is 6.83.